The van der Waals surface area contributed by atoms with Crippen molar-refractivity contribution in [3.05, 3.63) is 187 Å². The highest BCUT2D eigenvalue weighted by atomic mass is 32.1. The largest absolute Gasteiger partial charge is 0.456 e. The zero-order chi connectivity index (χ0) is 39.9. The molecule has 0 saturated heterocycles. The quantitative estimate of drug-likeness (QED) is 0.167. The maximum atomic E-state index is 6.69. The number of furan rings is 1. The molecule has 8 aromatic carbocycles. The van der Waals surface area contributed by atoms with Gasteiger partial charge in [-0.3, -0.25) is 0 Å². The number of rotatable bonds is 6. The van der Waals surface area contributed by atoms with Crippen molar-refractivity contribution in [1.82, 2.24) is 0 Å². The van der Waals surface area contributed by atoms with Crippen molar-refractivity contribution in [3.63, 3.8) is 0 Å². The molecule has 2 heterocycles. The van der Waals surface area contributed by atoms with Crippen molar-refractivity contribution in [3.8, 4) is 33.4 Å². The first-order chi connectivity index (χ1) is 28.7. The van der Waals surface area contributed by atoms with E-state index in [4.69, 9.17) is 4.42 Å². The van der Waals surface area contributed by atoms with E-state index < -0.39 is 0 Å². The summed E-state index contributed by atoms with van der Waals surface area (Å²) in [5.41, 5.74) is 15.6. The van der Waals surface area contributed by atoms with E-state index in [9.17, 15) is 0 Å². The molecule has 0 N–H and O–H groups in total. The van der Waals surface area contributed by atoms with Crippen LogP contribution in [0.5, 0.6) is 0 Å². The molecule has 0 unspecified atom stereocenters. The predicted molar refractivity (Wildman–Crippen MR) is 253 cm³/mol. The van der Waals surface area contributed by atoms with Crippen molar-refractivity contribution in [1.29, 1.82) is 0 Å². The van der Waals surface area contributed by atoms with Gasteiger partial charge in [-0.2, -0.15) is 0 Å². The predicted octanol–water partition coefficient (Wildman–Crippen LogP) is 16.8. The highest BCUT2D eigenvalue weighted by molar-refractivity contribution is 7.25. The molecule has 0 atom stereocenters. The van der Waals surface area contributed by atoms with E-state index in [-0.39, 0.29) is 10.8 Å². The number of hydrogen-bond acceptors (Lipinski definition) is 3. The van der Waals surface area contributed by atoms with E-state index in [1.54, 1.807) is 0 Å². The standard InChI is InChI=1S/C56H45NOS/c1-55(2)31-32-56(3,4)49-35-51-47(34-48(49)55)54-45(18-12-19-50(54)58-51)43-16-9-8-15-42(43)38-23-27-40(28-24-38)57(39-25-21-37(22-26-39)36-13-6-5-7-14-36)41-29-30-53-46(33-41)44-17-10-11-20-52(44)59-53/h5-30,33-35H,31-32H2,1-4H3. The molecule has 0 spiro atoms. The summed E-state index contributed by atoms with van der Waals surface area (Å²) in [6, 6.07) is 64.5. The summed E-state index contributed by atoms with van der Waals surface area (Å²) in [7, 11) is 0. The van der Waals surface area contributed by atoms with Gasteiger partial charge >= 0.3 is 0 Å². The van der Waals surface area contributed by atoms with Crippen molar-refractivity contribution >= 4 is 70.5 Å². The zero-order valence-electron chi connectivity index (χ0n) is 33.9. The van der Waals surface area contributed by atoms with Gasteiger partial charge in [0.1, 0.15) is 11.2 Å². The zero-order valence-corrected chi connectivity index (χ0v) is 34.7. The van der Waals surface area contributed by atoms with Gasteiger partial charge in [0.2, 0.25) is 0 Å². The third-order valence-electron chi connectivity index (χ3n) is 13.0. The smallest absolute Gasteiger partial charge is 0.136 e. The van der Waals surface area contributed by atoms with Gasteiger partial charge in [0, 0.05) is 48.0 Å². The highest BCUT2D eigenvalue weighted by Gasteiger charge is 2.38. The number of fused-ring (bicyclic) bond motifs is 7. The monoisotopic (exact) mass is 779 g/mol. The Morgan fingerprint density at radius 3 is 1.75 bits per heavy atom. The molecule has 10 aromatic rings. The fourth-order valence-electron chi connectivity index (χ4n) is 9.60. The second kappa shape index (κ2) is 13.6. The lowest BCUT2D eigenvalue weighted by atomic mass is 9.63. The van der Waals surface area contributed by atoms with Gasteiger partial charge in [-0.05, 0) is 135 Å². The highest BCUT2D eigenvalue weighted by Crippen LogP contribution is 2.50. The Labute approximate surface area is 350 Å². The second-order valence-corrected chi connectivity index (χ2v) is 18.6. The normalized spacial score (nSPS) is 14.6. The van der Waals surface area contributed by atoms with Gasteiger partial charge in [0.05, 0.1) is 0 Å². The molecule has 2 nitrogen and oxygen atoms in total. The molecule has 59 heavy (non-hydrogen) atoms. The second-order valence-electron chi connectivity index (χ2n) is 17.6. The Bertz CT molecular complexity index is 3200. The average molecular weight is 780 g/mol. The van der Waals surface area contributed by atoms with Crippen LogP contribution in [-0.4, -0.2) is 0 Å². The minimum atomic E-state index is 0.109. The molecule has 11 rings (SSSR count). The first kappa shape index (κ1) is 35.7. The molecule has 1 aliphatic carbocycles. The van der Waals surface area contributed by atoms with E-state index in [1.165, 1.54) is 88.3 Å². The van der Waals surface area contributed by atoms with Gasteiger partial charge in [-0.1, -0.05) is 137 Å². The van der Waals surface area contributed by atoms with Crippen molar-refractivity contribution in [2.24, 2.45) is 0 Å². The Hall–Kier alpha value is -6.42. The number of nitrogens with zero attached hydrogens (tertiary/aromatic N) is 1. The lowest BCUT2D eigenvalue weighted by molar-refractivity contribution is 0.332. The molecule has 0 aliphatic heterocycles. The molecule has 0 saturated carbocycles. The number of benzene rings is 8. The van der Waals surface area contributed by atoms with Crippen molar-refractivity contribution < 1.29 is 4.42 Å². The summed E-state index contributed by atoms with van der Waals surface area (Å²) in [6.45, 7) is 9.57. The third kappa shape index (κ3) is 5.98. The van der Waals surface area contributed by atoms with E-state index in [1.807, 2.05) is 11.3 Å². The van der Waals surface area contributed by atoms with E-state index >= 15 is 0 Å². The average Bonchev–Trinajstić information content (AvgIpc) is 3.84. The van der Waals surface area contributed by atoms with E-state index in [2.05, 4.69) is 209 Å². The van der Waals surface area contributed by atoms with Crippen LogP contribution in [0.25, 0.3) is 75.5 Å². The molecule has 0 bridgehead atoms. The fourth-order valence-corrected chi connectivity index (χ4v) is 10.7. The SMILES string of the molecule is CC1(C)CCC(C)(C)c2cc3c(cc21)oc1cccc(-c2ccccc2-c2ccc(N(c4ccc(-c5ccccc5)cc4)c4ccc5sc6ccccc6c5c4)cc2)c13. The Balaban J connectivity index is 1.03. The maximum absolute atomic E-state index is 6.69. The topological polar surface area (TPSA) is 16.4 Å². The minimum absolute atomic E-state index is 0.109. The minimum Gasteiger partial charge on any atom is -0.456 e. The van der Waals surface area contributed by atoms with Crippen LogP contribution in [0, 0.1) is 0 Å². The maximum Gasteiger partial charge on any atom is 0.136 e. The molecular formula is C56H45NOS. The van der Waals surface area contributed by atoms with E-state index in [0.29, 0.717) is 0 Å². The van der Waals surface area contributed by atoms with Gasteiger partial charge in [0.15, 0.2) is 0 Å². The Morgan fingerprint density at radius 1 is 0.424 bits per heavy atom. The molecule has 0 radical (unpaired) electrons. The Morgan fingerprint density at radius 2 is 1.00 bits per heavy atom. The first-order valence-electron chi connectivity index (χ1n) is 20.8. The van der Waals surface area contributed by atoms with Gasteiger partial charge < -0.3 is 9.32 Å². The summed E-state index contributed by atoms with van der Waals surface area (Å²) in [5.74, 6) is 0. The van der Waals surface area contributed by atoms with Crippen LogP contribution < -0.4 is 4.90 Å². The van der Waals surface area contributed by atoms with Crippen molar-refractivity contribution in [2.45, 2.75) is 51.4 Å². The molecular weight excluding hydrogens is 735 g/mol. The van der Waals surface area contributed by atoms with Crippen LogP contribution in [0.15, 0.2) is 180 Å². The lowest BCUT2D eigenvalue weighted by Gasteiger charge is -2.41. The lowest BCUT2D eigenvalue weighted by Crippen LogP contribution is -2.33. The first-order valence-corrected chi connectivity index (χ1v) is 21.6. The van der Waals surface area contributed by atoms with Crippen LogP contribution in [0.3, 0.4) is 0 Å². The van der Waals surface area contributed by atoms with Gasteiger partial charge in [-0.25, -0.2) is 0 Å². The van der Waals surface area contributed by atoms with Crippen LogP contribution in [0.1, 0.15) is 51.7 Å². The number of thiophene rings is 1. The van der Waals surface area contributed by atoms with Crippen LogP contribution in [0.2, 0.25) is 0 Å². The molecule has 2 aromatic heterocycles. The number of hydrogen-bond donors (Lipinski definition) is 0. The summed E-state index contributed by atoms with van der Waals surface area (Å²) >= 11 is 1.86. The van der Waals surface area contributed by atoms with Crippen LogP contribution in [0.4, 0.5) is 17.1 Å². The molecule has 0 amide bonds. The summed E-state index contributed by atoms with van der Waals surface area (Å²) in [6.07, 6.45) is 2.35. The molecule has 1 aliphatic rings. The third-order valence-corrected chi connectivity index (χ3v) is 14.1. The molecule has 0 fully saturated rings. The fraction of sp³-hybridized carbons (Fsp3) is 0.143. The van der Waals surface area contributed by atoms with Gasteiger partial charge in [0.25, 0.3) is 0 Å². The Kier molecular flexibility index (Phi) is 8.22. The summed E-state index contributed by atoms with van der Waals surface area (Å²) < 4.78 is 9.30. The molecule has 3 heteroatoms. The van der Waals surface area contributed by atoms with E-state index in [0.717, 1.165) is 28.2 Å². The van der Waals surface area contributed by atoms with Gasteiger partial charge in [-0.15, -0.1) is 11.3 Å². The molecule has 286 valence electrons. The van der Waals surface area contributed by atoms with Crippen LogP contribution >= 0.6 is 11.3 Å². The van der Waals surface area contributed by atoms with Crippen LogP contribution in [-0.2, 0) is 10.8 Å². The summed E-state index contributed by atoms with van der Waals surface area (Å²) in [4.78, 5) is 2.39. The number of anilines is 3. The summed E-state index contributed by atoms with van der Waals surface area (Å²) in [5, 5.41) is 4.98. The van der Waals surface area contributed by atoms with Crippen molar-refractivity contribution in [2.75, 3.05) is 4.90 Å².